The van der Waals surface area contributed by atoms with E-state index in [0.29, 0.717) is 6.42 Å². The molecule has 0 unspecified atom stereocenters. The molecule has 0 aliphatic carbocycles. The molecule has 0 saturated carbocycles. The van der Waals surface area contributed by atoms with Gasteiger partial charge in [0.05, 0.1) is 0 Å². The number of hydrogen-bond donors (Lipinski definition) is 3. The Kier molecular flexibility index (Phi) is 14.3. The minimum Gasteiger partial charge on any atom is -0.481 e. The lowest BCUT2D eigenvalue weighted by molar-refractivity contribution is -0.137. The third-order valence-corrected chi connectivity index (χ3v) is 1.24. The normalized spacial score (nSPS) is 8.27. The van der Waals surface area contributed by atoms with Gasteiger partial charge in [-0.1, -0.05) is 26.2 Å². The first-order valence-electron chi connectivity index (χ1n) is 3.75. The molecule has 68 valence electrons. The van der Waals surface area contributed by atoms with E-state index in [1.54, 1.807) is 0 Å². The molecule has 0 aromatic heterocycles. The summed E-state index contributed by atoms with van der Waals surface area (Å²) in [6.07, 6.45) is 4.55. The summed E-state index contributed by atoms with van der Waals surface area (Å²) >= 11 is 0. The summed E-state index contributed by atoms with van der Waals surface area (Å²) < 4.78 is 0. The predicted octanol–water partition coefficient (Wildman–Crippen LogP) is 1.38. The molecule has 0 radical (unpaired) electrons. The van der Waals surface area contributed by atoms with Crippen LogP contribution in [0.2, 0.25) is 0 Å². The molecule has 4 N–H and O–H groups in total. The van der Waals surface area contributed by atoms with Crippen LogP contribution < -0.4 is 5.90 Å². The molecule has 0 fully saturated rings. The number of hydrogen-bond acceptors (Lipinski definition) is 3. The summed E-state index contributed by atoms with van der Waals surface area (Å²) in [5.41, 5.74) is 0. The minimum absolute atomic E-state index is 0.333. The Balaban J connectivity index is 0. The second kappa shape index (κ2) is 12.1. The highest BCUT2D eigenvalue weighted by atomic mass is 16.4. The molecular weight excluding hydrogens is 146 g/mol. The van der Waals surface area contributed by atoms with Crippen LogP contribution in [0.3, 0.4) is 0 Å². The first kappa shape index (κ1) is 13.0. The lowest BCUT2D eigenvalue weighted by Crippen LogP contribution is -1.92. The Morgan fingerprint density at radius 2 is 1.82 bits per heavy atom. The molecule has 0 amide bonds. The van der Waals surface area contributed by atoms with E-state index in [1.807, 2.05) is 0 Å². The van der Waals surface area contributed by atoms with E-state index in [2.05, 4.69) is 12.8 Å². The fourth-order valence-electron chi connectivity index (χ4n) is 0.703. The molecule has 0 rings (SSSR count). The van der Waals surface area contributed by atoms with Crippen molar-refractivity contribution in [2.75, 3.05) is 0 Å². The molecular formula is C7H17NO3. The van der Waals surface area contributed by atoms with Gasteiger partial charge in [0.15, 0.2) is 0 Å². The van der Waals surface area contributed by atoms with Gasteiger partial charge in [-0.2, -0.15) is 0 Å². The summed E-state index contributed by atoms with van der Waals surface area (Å²) in [4.78, 5) is 9.96. The van der Waals surface area contributed by atoms with Gasteiger partial charge in [-0.05, 0) is 6.42 Å². The van der Waals surface area contributed by atoms with Crippen LogP contribution in [0.1, 0.15) is 39.0 Å². The molecule has 4 heteroatoms. The fourth-order valence-corrected chi connectivity index (χ4v) is 0.703. The third kappa shape index (κ3) is 17.7. The zero-order valence-corrected chi connectivity index (χ0v) is 6.92. The molecule has 0 aliphatic rings. The van der Waals surface area contributed by atoms with Crippen LogP contribution in [-0.2, 0) is 4.79 Å². The summed E-state index contributed by atoms with van der Waals surface area (Å²) in [6.45, 7) is 2.11. The first-order valence-corrected chi connectivity index (χ1v) is 3.75. The van der Waals surface area contributed by atoms with Crippen LogP contribution in [-0.4, -0.2) is 16.3 Å². The Morgan fingerprint density at radius 3 is 2.18 bits per heavy atom. The standard InChI is InChI=1S/C7H14O2.H3NO/c1-2-3-4-5-6-7(8)9;1-2/h2-6H2,1H3,(H,8,9);2H,1H2. The van der Waals surface area contributed by atoms with Crippen molar-refractivity contribution in [1.29, 1.82) is 0 Å². The third-order valence-electron chi connectivity index (χ3n) is 1.24. The maximum Gasteiger partial charge on any atom is 0.303 e. The molecule has 0 saturated heterocycles. The average Bonchev–Trinajstić information content (AvgIpc) is 2.02. The van der Waals surface area contributed by atoms with Gasteiger partial charge in [0.1, 0.15) is 0 Å². The van der Waals surface area contributed by atoms with Crippen molar-refractivity contribution >= 4 is 5.97 Å². The molecule has 0 heterocycles. The van der Waals surface area contributed by atoms with Crippen molar-refractivity contribution in [3.8, 4) is 0 Å². The number of rotatable bonds is 5. The summed E-state index contributed by atoms with van der Waals surface area (Å²) in [6, 6.07) is 0. The van der Waals surface area contributed by atoms with Crippen molar-refractivity contribution in [1.82, 2.24) is 0 Å². The second-order valence-electron chi connectivity index (χ2n) is 2.20. The predicted molar refractivity (Wildman–Crippen MR) is 42.4 cm³/mol. The quantitative estimate of drug-likeness (QED) is 0.422. The molecule has 0 aromatic carbocycles. The second-order valence-corrected chi connectivity index (χ2v) is 2.20. The molecule has 11 heavy (non-hydrogen) atoms. The molecule has 0 spiro atoms. The Morgan fingerprint density at radius 1 is 1.27 bits per heavy atom. The van der Waals surface area contributed by atoms with Gasteiger partial charge in [0.25, 0.3) is 0 Å². The number of unbranched alkanes of at least 4 members (excludes halogenated alkanes) is 3. The number of nitrogens with two attached hydrogens (primary N) is 1. The smallest absolute Gasteiger partial charge is 0.303 e. The zero-order valence-electron chi connectivity index (χ0n) is 6.92. The van der Waals surface area contributed by atoms with Crippen LogP contribution in [0.5, 0.6) is 0 Å². The maximum absolute atomic E-state index is 9.96. The van der Waals surface area contributed by atoms with Gasteiger partial charge >= 0.3 is 5.97 Å². The Bertz CT molecular complexity index is 85.8. The number of aliphatic carboxylic acids is 1. The van der Waals surface area contributed by atoms with Crippen LogP contribution in [0.15, 0.2) is 0 Å². The van der Waals surface area contributed by atoms with Crippen LogP contribution in [0, 0.1) is 0 Å². The van der Waals surface area contributed by atoms with Crippen molar-refractivity contribution < 1.29 is 15.1 Å². The number of carboxylic acid groups (broad SMARTS) is 1. The Hall–Kier alpha value is -0.610. The van der Waals surface area contributed by atoms with Gasteiger partial charge in [-0.25, -0.2) is 5.90 Å². The fraction of sp³-hybridized carbons (Fsp3) is 0.857. The van der Waals surface area contributed by atoms with Crippen molar-refractivity contribution in [2.24, 2.45) is 5.90 Å². The average molecular weight is 163 g/mol. The highest BCUT2D eigenvalue weighted by molar-refractivity contribution is 5.66. The molecule has 4 nitrogen and oxygen atoms in total. The summed E-state index contributed by atoms with van der Waals surface area (Å²) in [7, 11) is 0. The summed E-state index contributed by atoms with van der Waals surface area (Å²) in [5.74, 6) is 2.83. The van der Waals surface area contributed by atoms with Gasteiger partial charge in [0.2, 0.25) is 0 Å². The van der Waals surface area contributed by atoms with Crippen LogP contribution in [0.25, 0.3) is 0 Å². The highest BCUT2D eigenvalue weighted by Crippen LogP contribution is 2.01. The number of carboxylic acids is 1. The van der Waals surface area contributed by atoms with E-state index in [9.17, 15) is 4.79 Å². The van der Waals surface area contributed by atoms with E-state index < -0.39 is 5.97 Å². The van der Waals surface area contributed by atoms with Crippen LogP contribution >= 0.6 is 0 Å². The number of carbonyl (C=O) groups is 1. The molecule has 0 atom stereocenters. The van der Waals surface area contributed by atoms with Gasteiger partial charge in [0, 0.05) is 6.42 Å². The van der Waals surface area contributed by atoms with Gasteiger partial charge in [-0.15, -0.1) is 0 Å². The lowest BCUT2D eigenvalue weighted by Gasteiger charge is -1.92. The van der Waals surface area contributed by atoms with Crippen molar-refractivity contribution in [2.45, 2.75) is 39.0 Å². The van der Waals surface area contributed by atoms with Gasteiger partial charge < -0.3 is 10.3 Å². The SMILES string of the molecule is CCCCCCC(=O)O.NO. The molecule has 0 bridgehead atoms. The van der Waals surface area contributed by atoms with Gasteiger partial charge in [-0.3, -0.25) is 4.79 Å². The van der Waals surface area contributed by atoms with Crippen LogP contribution in [0.4, 0.5) is 0 Å². The summed E-state index contributed by atoms with van der Waals surface area (Å²) in [5, 5.41) is 14.7. The largest absolute Gasteiger partial charge is 0.481 e. The van der Waals surface area contributed by atoms with Crippen molar-refractivity contribution in [3.63, 3.8) is 0 Å². The lowest BCUT2D eigenvalue weighted by atomic mass is 10.2. The topological polar surface area (TPSA) is 83.5 Å². The molecule has 0 aromatic rings. The molecule has 0 aliphatic heterocycles. The Labute approximate surface area is 67.0 Å². The van der Waals surface area contributed by atoms with E-state index in [0.717, 1.165) is 19.3 Å². The van der Waals surface area contributed by atoms with Crippen molar-refractivity contribution in [3.05, 3.63) is 0 Å². The van der Waals surface area contributed by atoms with E-state index in [4.69, 9.17) is 10.3 Å². The first-order chi connectivity index (χ1) is 5.27. The highest BCUT2D eigenvalue weighted by Gasteiger charge is 1.93. The maximum atomic E-state index is 9.96. The van der Waals surface area contributed by atoms with E-state index in [1.165, 1.54) is 6.42 Å². The minimum atomic E-state index is -0.675. The van der Waals surface area contributed by atoms with E-state index in [-0.39, 0.29) is 0 Å². The monoisotopic (exact) mass is 163 g/mol. The van der Waals surface area contributed by atoms with E-state index >= 15 is 0 Å². The zero-order chi connectivity index (χ0) is 9.11.